The first-order valence-electron chi connectivity index (χ1n) is 11.8. The van der Waals surface area contributed by atoms with Crippen LogP contribution >= 0.6 is 15.9 Å². The molecule has 0 spiro atoms. The number of anilines is 2. The third-order valence-electron chi connectivity index (χ3n) is 7.48. The number of rotatable bonds is 4. The topological polar surface area (TPSA) is 119 Å². The number of piperidine rings is 1. The van der Waals surface area contributed by atoms with E-state index in [-0.39, 0.29) is 40.9 Å². The van der Waals surface area contributed by atoms with Crippen LogP contribution in [-0.2, 0) is 22.3 Å². The van der Waals surface area contributed by atoms with Gasteiger partial charge in [-0.3, -0.25) is 9.59 Å². The van der Waals surface area contributed by atoms with Crippen molar-refractivity contribution in [2.75, 3.05) is 11.1 Å². The highest BCUT2D eigenvalue weighted by atomic mass is 79.9. The Morgan fingerprint density at radius 1 is 1.21 bits per heavy atom. The molecule has 2 amide bonds. The van der Waals surface area contributed by atoms with Crippen LogP contribution < -0.4 is 11.1 Å². The first-order chi connectivity index (χ1) is 18.0. The molecule has 4 aromatic rings. The Kier molecular flexibility index (Phi) is 5.42. The van der Waals surface area contributed by atoms with Gasteiger partial charge in [0, 0.05) is 11.4 Å². The predicted molar refractivity (Wildman–Crippen MR) is 137 cm³/mol. The number of hydrogen-bond acceptors (Lipinski definition) is 6. The fourth-order valence-corrected chi connectivity index (χ4v) is 5.88. The third-order valence-corrected chi connectivity index (χ3v) is 7.92. The van der Waals surface area contributed by atoms with Gasteiger partial charge in [-0.05, 0) is 58.5 Å². The van der Waals surface area contributed by atoms with E-state index in [4.69, 9.17) is 5.73 Å². The molecule has 9 nitrogen and oxygen atoms in total. The number of carbonyl (C=O) groups is 2. The lowest BCUT2D eigenvalue weighted by molar-refractivity contribution is -0.138. The van der Waals surface area contributed by atoms with Crippen LogP contribution in [0, 0.1) is 5.41 Å². The number of carbonyl (C=O) groups excluding carboxylic acids is 2. The molecule has 3 atom stereocenters. The second kappa shape index (κ2) is 8.38. The normalized spacial score (nSPS) is 22.6. The van der Waals surface area contributed by atoms with E-state index in [2.05, 4.69) is 36.2 Å². The van der Waals surface area contributed by atoms with E-state index in [0.717, 1.165) is 18.6 Å². The molecule has 13 heteroatoms. The van der Waals surface area contributed by atoms with Gasteiger partial charge in [0.25, 0.3) is 0 Å². The summed E-state index contributed by atoms with van der Waals surface area (Å²) in [5, 5.41) is 3.56. The summed E-state index contributed by atoms with van der Waals surface area (Å²) in [5.41, 5.74) is 5.41. The van der Waals surface area contributed by atoms with Crippen LogP contribution in [0.4, 0.5) is 24.8 Å². The van der Waals surface area contributed by atoms with Gasteiger partial charge in [0.1, 0.15) is 40.8 Å². The summed E-state index contributed by atoms with van der Waals surface area (Å²) in [6.07, 6.45) is -2.15. The molecule has 1 aliphatic carbocycles. The summed E-state index contributed by atoms with van der Waals surface area (Å²) in [6, 6.07) is 7.48. The molecule has 0 bridgehead atoms. The molecule has 2 aliphatic rings. The van der Waals surface area contributed by atoms with Crippen molar-refractivity contribution in [3.63, 3.8) is 0 Å². The maximum absolute atomic E-state index is 13.8. The number of nitrogens with zero attached hydrogens (tertiary/aromatic N) is 5. The van der Waals surface area contributed by atoms with Crippen molar-refractivity contribution in [1.82, 2.24) is 24.4 Å². The summed E-state index contributed by atoms with van der Waals surface area (Å²) in [4.78, 5) is 41.0. The summed E-state index contributed by atoms with van der Waals surface area (Å²) in [7, 11) is 0. The van der Waals surface area contributed by atoms with Gasteiger partial charge in [-0.15, -0.1) is 0 Å². The predicted octanol–water partition coefficient (Wildman–Crippen LogP) is 4.36. The van der Waals surface area contributed by atoms with Gasteiger partial charge in [0.15, 0.2) is 0 Å². The number of pyridine rings is 1. The van der Waals surface area contributed by atoms with Crippen LogP contribution in [0.3, 0.4) is 0 Å². The number of benzene rings is 1. The molecule has 1 saturated carbocycles. The van der Waals surface area contributed by atoms with E-state index in [1.165, 1.54) is 17.0 Å². The lowest BCUT2D eigenvalue weighted by Crippen LogP contribution is -2.46. The number of likely N-dealkylation sites (tertiary alicyclic amines) is 1. The van der Waals surface area contributed by atoms with E-state index >= 15 is 0 Å². The van der Waals surface area contributed by atoms with Crippen LogP contribution in [0.5, 0.6) is 0 Å². The SMILES string of the molecule is C[C@@]12C[C@@H](C(=O)Nc3cccc(Br)n3)N(C(=O)Cn3c4cc(C(F)(F)F)ccc4c4c(N)ncnc43)[C@@H]1C2. The van der Waals surface area contributed by atoms with Crippen molar-refractivity contribution >= 4 is 61.3 Å². The van der Waals surface area contributed by atoms with E-state index in [1.54, 1.807) is 23.1 Å². The monoisotopic (exact) mass is 587 g/mol. The largest absolute Gasteiger partial charge is 0.416 e. The fourth-order valence-electron chi connectivity index (χ4n) is 5.53. The van der Waals surface area contributed by atoms with Crippen LogP contribution in [0.25, 0.3) is 21.9 Å². The molecule has 0 unspecified atom stereocenters. The summed E-state index contributed by atoms with van der Waals surface area (Å²) < 4.78 is 42.6. The Morgan fingerprint density at radius 2 is 2.00 bits per heavy atom. The maximum atomic E-state index is 13.8. The zero-order chi connectivity index (χ0) is 27.0. The molecule has 196 valence electrons. The second-order valence-corrected chi connectivity index (χ2v) is 10.8. The first kappa shape index (κ1) is 24.6. The van der Waals surface area contributed by atoms with Gasteiger partial charge in [-0.25, -0.2) is 15.0 Å². The molecule has 3 N–H and O–H groups in total. The van der Waals surface area contributed by atoms with Crippen molar-refractivity contribution in [2.24, 2.45) is 5.41 Å². The summed E-state index contributed by atoms with van der Waals surface area (Å²) in [6.45, 7) is 1.70. The van der Waals surface area contributed by atoms with Crippen LogP contribution in [-0.4, -0.2) is 48.3 Å². The Hall–Kier alpha value is -3.74. The average molecular weight is 588 g/mol. The Morgan fingerprint density at radius 3 is 2.74 bits per heavy atom. The number of nitrogens with one attached hydrogen (secondary N) is 1. The number of nitrogen functional groups attached to an aromatic ring is 1. The Bertz CT molecular complexity index is 1640. The van der Waals surface area contributed by atoms with Crippen molar-refractivity contribution in [1.29, 1.82) is 0 Å². The molecular formula is C25H21BrF3N7O2. The molecule has 1 aromatic carbocycles. The van der Waals surface area contributed by atoms with E-state index in [0.29, 0.717) is 27.6 Å². The zero-order valence-electron chi connectivity index (χ0n) is 20.0. The number of nitrogens with two attached hydrogens (primary N) is 1. The van der Waals surface area contributed by atoms with Gasteiger partial charge in [-0.1, -0.05) is 19.1 Å². The Labute approximate surface area is 222 Å². The first-order valence-corrected chi connectivity index (χ1v) is 12.6. The number of alkyl halides is 3. The molecule has 2 fully saturated rings. The number of amides is 2. The van der Waals surface area contributed by atoms with E-state index in [1.807, 2.05) is 6.92 Å². The van der Waals surface area contributed by atoms with Crippen molar-refractivity contribution in [2.45, 2.75) is 44.6 Å². The quantitative estimate of drug-likeness (QED) is 0.342. The molecule has 0 radical (unpaired) electrons. The number of fused-ring (bicyclic) bond motifs is 4. The maximum Gasteiger partial charge on any atom is 0.416 e. The fraction of sp³-hybridized carbons (Fsp3) is 0.320. The second-order valence-electron chi connectivity index (χ2n) is 10.0. The van der Waals surface area contributed by atoms with Gasteiger partial charge in [-0.2, -0.15) is 13.2 Å². The van der Waals surface area contributed by atoms with Crippen LogP contribution in [0.2, 0.25) is 0 Å². The smallest absolute Gasteiger partial charge is 0.383 e. The molecule has 4 heterocycles. The molecule has 1 saturated heterocycles. The summed E-state index contributed by atoms with van der Waals surface area (Å²) >= 11 is 3.27. The molecule has 38 heavy (non-hydrogen) atoms. The van der Waals surface area contributed by atoms with Gasteiger partial charge < -0.3 is 20.5 Å². The van der Waals surface area contributed by atoms with Gasteiger partial charge in [0.05, 0.1) is 16.5 Å². The minimum Gasteiger partial charge on any atom is -0.383 e. The van der Waals surface area contributed by atoms with Gasteiger partial charge >= 0.3 is 6.18 Å². The van der Waals surface area contributed by atoms with Crippen LogP contribution in [0.1, 0.15) is 25.3 Å². The van der Waals surface area contributed by atoms with E-state index in [9.17, 15) is 22.8 Å². The average Bonchev–Trinajstić information content (AvgIpc) is 3.25. The number of hydrogen-bond donors (Lipinski definition) is 2. The van der Waals surface area contributed by atoms with E-state index < -0.39 is 23.7 Å². The minimum absolute atomic E-state index is 0.0978. The lowest BCUT2D eigenvalue weighted by Gasteiger charge is -2.27. The molecule has 6 rings (SSSR count). The zero-order valence-corrected chi connectivity index (χ0v) is 21.5. The summed E-state index contributed by atoms with van der Waals surface area (Å²) in [5.74, 6) is -0.324. The van der Waals surface area contributed by atoms with Gasteiger partial charge in [0.2, 0.25) is 11.8 Å². The molecular weight excluding hydrogens is 567 g/mol. The third kappa shape index (κ3) is 3.96. The number of halogens is 4. The molecule has 1 aliphatic heterocycles. The lowest BCUT2D eigenvalue weighted by atomic mass is 10.0. The van der Waals surface area contributed by atoms with Crippen LogP contribution in [0.15, 0.2) is 47.3 Å². The van der Waals surface area contributed by atoms with Crippen molar-refractivity contribution in [3.8, 4) is 0 Å². The highest BCUT2D eigenvalue weighted by Crippen LogP contribution is 2.59. The highest BCUT2D eigenvalue weighted by molar-refractivity contribution is 9.10. The molecule has 3 aromatic heterocycles. The standard InChI is InChI=1S/C25H21BrF3N7O2/c1-24-8-15(23(38)34-18-4-2-3-17(26)33-18)36(16(24)9-24)19(37)10-35-14-7-12(25(27,28)29)5-6-13(14)20-21(30)31-11-32-22(20)35/h2-7,11,15-16H,8-10H2,1H3,(H2,30,31,32)(H,33,34,38)/t15-,16+,24-/m0/s1. The van der Waals surface area contributed by atoms with Crippen molar-refractivity contribution in [3.05, 3.63) is 52.9 Å². The minimum atomic E-state index is -4.58. The highest BCUT2D eigenvalue weighted by Gasteiger charge is 2.64. The Balaban J connectivity index is 1.37. The number of aromatic nitrogens is 4. The van der Waals surface area contributed by atoms with Crippen molar-refractivity contribution < 1.29 is 22.8 Å².